The van der Waals surface area contributed by atoms with Crippen LogP contribution in [-0.4, -0.2) is 67.3 Å². The number of hydrogen-bond acceptors (Lipinski definition) is 4. The van der Waals surface area contributed by atoms with Crippen LogP contribution in [0, 0.1) is 0 Å². The largest absolute Gasteiger partial charge is 0.394 e. The first-order valence-electron chi connectivity index (χ1n) is 5.53. The Balaban J connectivity index is 3.93. The van der Waals surface area contributed by atoms with Gasteiger partial charge in [-0.1, -0.05) is 0 Å². The number of nitrogens with two attached hydrogens (primary N) is 1. The summed E-state index contributed by atoms with van der Waals surface area (Å²) in [5, 5.41) is 9.09. The predicted octanol–water partition coefficient (Wildman–Crippen LogP) is -0.0319. The van der Waals surface area contributed by atoms with Crippen LogP contribution < -0.4 is 5.73 Å². The molecule has 15 heavy (non-hydrogen) atoms. The maximum Gasteiger partial charge on any atom is 0.0609 e. The highest BCUT2D eigenvalue weighted by Crippen LogP contribution is 2.11. The topological polar surface area (TPSA) is 52.7 Å². The molecular formula is C11H27N3O. The highest BCUT2D eigenvalue weighted by atomic mass is 16.3. The lowest BCUT2D eigenvalue weighted by Crippen LogP contribution is -2.47. The summed E-state index contributed by atoms with van der Waals surface area (Å²) in [5.41, 5.74) is 5.46. The summed E-state index contributed by atoms with van der Waals surface area (Å²) in [5.74, 6) is 0. The molecule has 0 aliphatic heterocycles. The molecule has 0 heterocycles. The van der Waals surface area contributed by atoms with E-state index in [1.807, 2.05) is 6.92 Å². The number of likely N-dealkylation sites (N-methyl/N-ethyl adjacent to an activating group) is 2. The highest BCUT2D eigenvalue weighted by molar-refractivity contribution is 4.82. The number of aliphatic hydroxyl groups excluding tert-OH is 1. The van der Waals surface area contributed by atoms with Gasteiger partial charge in [-0.05, 0) is 41.4 Å². The van der Waals surface area contributed by atoms with Crippen LogP contribution in [0.25, 0.3) is 0 Å². The number of aliphatic hydroxyl groups is 1. The molecule has 0 aliphatic carbocycles. The average Bonchev–Trinajstić information content (AvgIpc) is 2.13. The van der Waals surface area contributed by atoms with Gasteiger partial charge in [0.2, 0.25) is 0 Å². The maximum absolute atomic E-state index is 9.09. The van der Waals surface area contributed by atoms with Gasteiger partial charge in [0.1, 0.15) is 0 Å². The first-order chi connectivity index (χ1) is 6.78. The zero-order valence-electron chi connectivity index (χ0n) is 10.8. The van der Waals surface area contributed by atoms with E-state index in [1.54, 1.807) is 0 Å². The van der Waals surface area contributed by atoms with Gasteiger partial charge in [-0.2, -0.15) is 0 Å². The fourth-order valence-corrected chi connectivity index (χ4v) is 1.47. The Morgan fingerprint density at radius 1 is 1.27 bits per heavy atom. The molecule has 0 aromatic heterocycles. The maximum atomic E-state index is 9.09. The molecule has 3 N–H and O–H groups in total. The van der Waals surface area contributed by atoms with Crippen molar-refractivity contribution in [1.29, 1.82) is 0 Å². The molecule has 0 rings (SSSR count). The van der Waals surface area contributed by atoms with Crippen LogP contribution >= 0.6 is 0 Å². The van der Waals surface area contributed by atoms with Crippen LogP contribution in [0.5, 0.6) is 0 Å². The van der Waals surface area contributed by atoms with Gasteiger partial charge in [0, 0.05) is 24.7 Å². The van der Waals surface area contributed by atoms with Crippen LogP contribution in [0.4, 0.5) is 0 Å². The summed E-state index contributed by atoms with van der Waals surface area (Å²) in [6, 6.07) is 0.395. The molecule has 2 unspecified atom stereocenters. The van der Waals surface area contributed by atoms with E-state index in [0.29, 0.717) is 6.04 Å². The van der Waals surface area contributed by atoms with Crippen LogP contribution in [0.15, 0.2) is 0 Å². The Morgan fingerprint density at radius 2 is 1.80 bits per heavy atom. The molecule has 92 valence electrons. The second-order valence-corrected chi connectivity index (χ2v) is 5.15. The minimum absolute atomic E-state index is 0.0405. The number of rotatable bonds is 7. The summed E-state index contributed by atoms with van der Waals surface area (Å²) >= 11 is 0. The molecule has 0 aliphatic rings. The molecular weight excluding hydrogens is 190 g/mol. The molecule has 0 saturated heterocycles. The van der Waals surface area contributed by atoms with E-state index >= 15 is 0 Å². The van der Waals surface area contributed by atoms with Crippen LogP contribution in [0.2, 0.25) is 0 Å². The fourth-order valence-electron chi connectivity index (χ4n) is 1.47. The molecule has 0 radical (unpaired) electrons. The van der Waals surface area contributed by atoms with Gasteiger partial charge >= 0.3 is 0 Å². The Kier molecular flexibility index (Phi) is 6.36. The third-order valence-corrected chi connectivity index (χ3v) is 2.78. The molecule has 2 atom stereocenters. The number of hydrogen-bond donors (Lipinski definition) is 2. The number of nitrogens with zero attached hydrogens (tertiary/aromatic N) is 2. The average molecular weight is 217 g/mol. The first-order valence-corrected chi connectivity index (χ1v) is 5.53. The Hall–Kier alpha value is -0.160. The van der Waals surface area contributed by atoms with Gasteiger partial charge in [0.15, 0.2) is 0 Å². The predicted molar refractivity (Wildman–Crippen MR) is 64.9 cm³/mol. The highest BCUT2D eigenvalue weighted by Gasteiger charge is 2.22. The summed E-state index contributed by atoms with van der Waals surface area (Å²) in [6.45, 7) is 6.15. The molecule has 0 bridgehead atoms. The van der Waals surface area contributed by atoms with Gasteiger partial charge in [-0.25, -0.2) is 0 Å². The van der Waals surface area contributed by atoms with Gasteiger partial charge in [0.05, 0.1) is 6.61 Å². The quantitative estimate of drug-likeness (QED) is 0.629. The molecule has 0 amide bonds. The van der Waals surface area contributed by atoms with Crippen LogP contribution in [0.1, 0.15) is 20.3 Å². The van der Waals surface area contributed by atoms with Crippen molar-refractivity contribution in [3.63, 3.8) is 0 Å². The molecule has 0 spiro atoms. The lowest BCUT2D eigenvalue weighted by Gasteiger charge is -2.32. The van der Waals surface area contributed by atoms with E-state index in [4.69, 9.17) is 10.8 Å². The lowest BCUT2D eigenvalue weighted by atomic mass is 9.95. The van der Waals surface area contributed by atoms with E-state index < -0.39 is 5.54 Å². The molecule has 4 heteroatoms. The van der Waals surface area contributed by atoms with Gasteiger partial charge in [0.25, 0.3) is 0 Å². The molecule has 4 nitrogen and oxygen atoms in total. The monoisotopic (exact) mass is 217 g/mol. The Bertz CT molecular complexity index is 171. The summed E-state index contributed by atoms with van der Waals surface area (Å²) < 4.78 is 0. The summed E-state index contributed by atoms with van der Waals surface area (Å²) in [4.78, 5) is 4.44. The lowest BCUT2D eigenvalue weighted by molar-refractivity contribution is 0.148. The minimum atomic E-state index is -0.466. The van der Waals surface area contributed by atoms with Crippen molar-refractivity contribution in [2.75, 3.05) is 40.8 Å². The van der Waals surface area contributed by atoms with Crippen LogP contribution in [0.3, 0.4) is 0 Å². The molecule has 0 aromatic carbocycles. The van der Waals surface area contributed by atoms with Crippen molar-refractivity contribution in [2.24, 2.45) is 5.73 Å². The Morgan fingerprint density at radius 3 is 2.20 bits per heavy atom. The molecule has 0 saturated carbocycles. The second-order valence-electron chi connectivity index (χ2n) is 5.15. The normalized spacial score (nSPS) is 18.2. The van der Waals surface area contributed by atoms with E-state index in [0.717, 1.165) is 19.5 Å². The SMILES string of the molecule is CC(CC(C)(N)CO)N(C)CCN(C)C. The van der Waals surface area contributed by atoms with Gasteiger partial charge in [-0.3, -0.25) is 0 Å². The Labute approximate surface area is 94.0 Å². The van der Waals surface area contributed by atoms with Crippen LogP contribution in [-0.2, 0) is 0 Å². The summed E-state index contributed by atoms with van der Waals surface area (Å²) in [7, 11) is 6.24. The second kappa shape index (κ2) is 6.43. The van der Waals surface area contributed by atoms with E-state index in [9.17, 15) is 0 Å². The van der Waals surface area contributed by atoms with Gasteiger partial charge < -0.3 is 20.6 Å². The van der Waals surface area contributed by atoms with Crippen molar-refractivity contribution >= 4 is 0 Å². The van der Waals surface area contributed by atoms with Gasteiger partial charge in [-0.15, -0.1) is 0 Å². The minimum Gasteiger partial charge on any atom is -0.394 e. The van der Waals surface area contributed by atoms with E-state index in [2.05, 4.69) is 37.9 Å². The van der Waals surface area contributed by atoms with Crippen molar-refractivity contribution in [1.82, 2.24) is 9.80 Å². The smallest absolute Gasteiger partial charge is 0.0609 e. The standard InChI is InChI=1S/C11H27N3O/c1-10(8-11(2,12)9-15)14(5)7-6-13(3)4/h10,15H,6-9,12H2,1-5H3. The first kappa shape index (κ1) is 14.8. The third-order valence-electron chi connectivity index (χ3n) is 2.78. The van der Waals surface area contributed by atoms with E-state index in [1.165, 1.54) is 0 Å². The summed E-state index contributed by atoms with van der Waals surface area (Å²) in [6.07, 6.45) is 0.813. The third kappa shape index (κ3) is 6.84. The fraction of sp³-hybridized carbons (Fsp3) is 1.00. The zero-order valence-corrected chi connectivity index (χ0v) is 10.8. The zero-order chi connectivity index (χ0) is 12.1. The van der Waals surface area contributed by atoms with Crippen molar-refractivity contribution in [3.05, 3.63) is 0 Å². The molecule has 0 aromatic rings. The van der Waals surface area contributed by atoms with E-state index in [-0.39, 0.29) is 6.61 Å². The molecule has 0 fully saturated rings. The van der Waals surface area contributed by atoms with Crippen molar-refractivity contribution < 1.29 is 5.11 Å². The van der Waals surface area contributed by atoms with Crippen molar-refractivity contribution in [3.8, 4) is 0 Å². The van der Waals surface area contributed by atoms with Crippen molar-refractivity contribution in [2.45, 2.75) is 31.8 Å².